The van der Waals surface area contributed by atoms with Gasteiger partial charge in [0.15, 0.2) is 0 Å². The zero-order valence-corrected chi connectivity index (χ0v) is 22.3. The Morgan fingerprint density at radius 2 is 2.06 bits per heavy atom. The minimum atomic E-state index is -3.94. The largest absolute Gasteiger partial charge is 0.487 e. The zero-order chi connectivity index (χ0) is 26.5. The molecule has 0 saturated carbocycles. The van der Waals surface area contributed by atoms with Crippen molar-refractivity contribution in [2.24, 2.45) is 11.8 Å². The van der Waals surface area contributed by atoms with Gasteiger partial charge in [0.05, 0.1) is 18.7 Å². The molecular formula is C27H35N3O5S. The summed E-state index contributed by atoms with van der Waals surface area (Å²) in [6.45, 7) is 7.78. The van der Waals surface area contributed by atoms with Crippen LogP contribution in [0.2, 0.25) is 0 Å². The number of carbonyl (C=O) groups excluding carboxylic acids is 1. The average Bonchev–Trinajstić information content (AvgIpc) is 2.85. The van der Waals surface area contributed by atoms with Crippen molar-refractivity contribution in [1.29, 1.82) is 0 Å². The topological polar surface area (TPSA) is 100 Å². The lowest BCUT2D eigenvalue weighted by Crippen LogP contribution is -2.50. The van der Waals surface area contributed by atoms with E-state index in [1.165, 1.54) is 16.6 Å². The summed E-state index contributed by atoms with van der Waals surface area (Å²) >= 11 is 0. The van der Waals surface area contributed by atoms with Crippen LogP contribution in [-0.2, 0) is 10.0 Å². The van der Waals surface area contributed by atoms with Crippen LogP contribution in [0.3, 0.4) is 0 Å². The number of ether oxygens (including phenoxy) is 1. The van der Waals surface area contributed by atoms with Gasteiger partial charge in [-0.3, -0.25) is 9.78 Å². The first-order valence-electron chi connectivity index (χ1n) is 12.1. The molecule has 0 fully saturated rings. The highest BCUT2D eigenvalue weighted by molar-refractivity contribution is 7.89. The van der Waals surface area contributed by atoms with Crippen LogP contribution in [0.1, 0.15) is 50.0 Å². The lowest BCUT2D eigenvalue weighted by molar-refractivity contribution is 0.0563. The second kappa shape index (κ2) is 11.9. The molecule has 1 aliphatic heterocycles. The number of hydrogen-bond donors (Lipinski definition) is 1. The Morgan fingerprint density at radius 1 is 1.31 bits per heavy atom. The molecule has 0 radical (unpaired) electrons. The Hall–Kier alpha value is -2.93. The molecule has 1 N–H and O–H groups in total. The van der Waals surface area contributed by atoms with Gasteiger partial charge in [0.1, 0.15) is 16.7 Å². The number of likely N-dealkylation sites (N-methyl/N-ethyl adjacent to an activating group) is 1. The molecule has 0 bridgehead atoms. The number of amides is 1. The summed E-state index contributed by atoms with van der Waals surface area (Å²) in [5.41, 5.74) is 1.11. The number of aromatic nitrogens is 1. The van der Waals surface area contributed by atoms with Crippen LogP contribution in [-0.4, -0.2) is 72.5 Å². The first-order valence-corrected chi connectivity index (χ1v) is 13.6. The highest BCUT2D eigenvalue weighted by atomic mass is 32.2. The molecule has 0 spiro atoms. The standard InChI is InChI=1S/C27H35N3O5S/c1-19(2)8-6-9-22-11-12-26-24(14-22)35-25(17-29(5)27(32)23-10-7-13-28-15-23)20(3)16-30(21(4)18-31)36(26,33)34/h7,10-15,19-21,25,31H,8,16-18H2,1-5H3/t20-,21-,25-/m1/s1. The van der Waals surface area contributed by atoms with E-state index in [1.54, 1.807) is 49.3 Å². The number of aliphatic hydroxyl groups is 1. The Bertz CT molecular complexity index is 1220. The van der Waals surface area contributed by atoms with Crippen molar-refractivity contribution in [3.8, 4) is 17.6 Å². The highest BCUT2D eigenvalue weighted by Crippen LogP contribution is 2.34. The van der Waals surface area contributed by atoms with Gasteiger partial charge in [0.2, 0.25) is 10.0 Å². The van der Waals surface area contributed by atoms with Gasteiger partial charge in [-0.05, 0) is 43.2 Å². The first-order chi connectivity index (χ1) is 17.0. The summed E-state index contributed by atoms with van der Waals surface area (Å²) in [6.07, 6.45) is 3.33. The van der Waals surface area contributed by atoms with Gasteiger partial charge in [-0.2, -0.15) is 4.31 Å². The molecule has 3 rings (SSSR count). The number of rotatable bonds is 6. The van der Waals surface area contributed by atoms with Gasteiger partial charge in [-0.15, -0.1) is 0 Å². The van der Waals surface area contributed by atoms with E-state index in [9.17, 15) is 18.3 Å². The fourth-order valence-corrected chi connectivity index (χ4v) is 5.77. The normalized spacial score (nSPS) is 20.2. The van der Waals surface area contributed by atoms with Crippen molar-refractivity contribution in [3.63, 3.8) is 0 Å². The van der Waals surface area contributed by atoms with E-state index in [1.807, 2.05) is 6.92 Å². The Kier molecular flexibility index (Phi) is 9.12. The molecule has 1 aliphatic rings. The van der Waals surface area contributed by atoms with Crippen LogP contribution < -0.4 is 4.74 Å². The SMILES string of the molecule is CC(C)CC#Cc1ccc2c(c1)O[C@H](CN(C)C(=O)c1cccnc1)[C@H](C)CN([C@H](C)CO)S2(=O)=O. The predicted molar refractivity (Wildman–Crippen MR) is 138 cm³/mol. The maximum atomic E-state index is 13.6. The van der Waals surface area contributed by atoms with E-state index >= 15 is 0 Å². The van der Waals surface area contributed by atoms with E-state index in [-0.39, 0.29) is 42.2 Å². The molecule has 0 saturated heterocycles. The zero-order valence-electron chi connectivity index (χ0n) is 21.5. The third-order valence-corrected chi connectivity index (χ3v) is 8.14. The van der Waals surface area contributed by atoms with Crippen LogP contribution in [0.15, 0.2) is 47.6 Å². The number of nitrogens with zero attached hydrogens (tertiary/aromatic N) is 3. The average molecular weight is 514 g/mol. The minimum absolute atomic E-state index is 0.0235. The van der Waals surface area contributed by atoms with Crippen molar-refractivity contribution in [3.05, 3.63) is 53.9 Å². The van der Waals surface area contributed by atoms with Gasteiger partial charge in [-0.1, -0.05) is 32.6 Å². The third-order valence-electron chi connectivity index (χ3n) is 6.12. The van der Waals surface area contributed by atoms with Gasteiger partial charge >= 0.3 is 0 Å². The predicted octanol–water partition coefficient (Wildman–Crippen LogP) is 3.02. The third kappa shape index (κ3) is 6.44. The summed E-state index contributed by atoms with van der Waals surface area (Å²) in [7, 11) is -2.25. The molecule has 9 heteroatoms. The highest BCUT2D eigenvalue weighted by Gasteiger charge is 2.38. The van der Waals surface area contributed by atoms with Crippen LogP contribution in [0, 0.1) is 23.7 Å². The number of benzene rings is 1. The van der Waals surface area contributed by atoms with E-state index < -0.39 is 22.2 Å². The molecule has 3 atom stereocenters. The summed E-state index contributed by atoms with van der Waals surface area (Å²) in [4.78, 5) is 18.5. The molecule has 194 valence electrons. The van der Waals surface area contributed by atoms with Crippen molar-refractivity contribution in [2.75, 3.05) is 26.7 Å². The number of fused-ring (bicyclic) bond motifs is 1. The maximum absolute atomic E-state index is 13.6. The smallest absolute Gasteiger partial charge is 0.255 e. The lowest BCUT2D eigenvalue weighted by atomic mass is 10.0. The molecule has 2 aromatic rings. The summed E-state index contributed by atoms with van der Waals surface area (Å²) < 4.78 is 34.8. The molecule has 0 aliphatic carbocycles. The quantitative estimate of drug-likeness (QED) is 0.596. The fourth-order valence-electron chi connectivity index (χ4n) is 3.94. The van der Waals surface area contributed by atoms with E-state index in [0.717, 1.165) is 6.42 Å². The monoisotopic (exact) mass is 513 g/mol. The number of aliphatic hydroxyl groups excluding tert-OH is 1. The van der Waals surface area contributed by atoms with Gasteiger partial charge < -0.3 is 14.7 Å². The summed E-state index contributed by atoms with van der Waals surface area (Å²) in [5.74, 6) is 6.35. The van der Waals surface area contributed by atoms with Gasteiger partial charge in [0.25, 0.3) is 5.91 Å². The van der Waals surface area contributed by atoms with Crippen molar-refractivity contribution >= 4 is 15.9 Å². The maximum Gasteiger partial charge on any atom is 0.255 e. The molecular weight excluding hydrogens is 478 g/mol. The van der Waals surface area contributed by atoms with Crippen LogP contribution in [0.5, 0.6) is 5.75 Å². The molecule has 0 unspecified atom stereocenters. The number of sulfonamides is 1. The van der Waals surface area contributed by atoms with Crippen molar-refractivity contribution in [2.45, 2.75) is 51.2 Å². The second-order valence-corrected chi connectivity index (χ2v) is 11.6. The van der Waals surface area contributed by atoms with Crippen LogP contribution in [0.4, 0.5) is 0 Å². The van der Waals surface area contributed by atoms with Crippen molar-refractivity contribution in [1.82, 2.24) is 14.2 Å². The molecule has 36 heavy (non-hydrogen) atoms. The Balaban J connectivity index is 2.00. The van der Waals surface area contributed by atoms with Gasteiger partial charge in [0, 0.05) is 49.9 Å². The fraction of sp³-hybridized carbons (Fsp3) is 0.481. The van der Waals surface area contributed by atoms with E-state index in [0.29, 0.717) is 17.0 Å². The Labute approximate surface area is 214 Å². The molecule has 1 aromatic carbocycles. The molecule has 1 aromatic heterocycles. The van der Waals surface area contributed by atoms with Crippen LogP contribution >= 0.6 is 0 Å². The van der Waals surface area contributed by atoms with E-state index in [2.05, 4.69) is 30.7 Å². The Morgan fingerprint density at radius 3 is 2.69 bits per heavy atom. The lowest BCUT2D eigenvalue weighted by Gasteiger charge is -2.37. The molecule has 8 nitrogen and oxygen atoms in total. The minimum Gasteiger partial charge on any atom is -0.487 e. The van der Waals surface area contributed by atoms with Crippen LogP contribution in [0.25, 0.3) is 0 Å². The summed E-state index contributed by atoms with van der Waals surface area (Å²) in [5, 5.41) is 9.80. The second-order valence-electron chi connectivity index (χ2n) is 9.73. The van der Waals surface area contributed by atoms with E-state index in [4.69, 9.17) is 4.74 Å². The number of carbonyl (C=O) groups is 1. The molecule has 1 amide bonds. The van der Waals surface area contributed by atoms with Crippen molar-refractivity contribution < 1.29 is 23.1 Å². The first kappa shape index (κ1) is 27.7. The summed E-state index contributed by atoms with van der Waals surface area (Å²) in [6, 6.07) is 7.61. The van der Waals surface area contributed by atoms with Gasteiger partial charge in [-0.25, -0.2) is 8.42 Å². The number of pyridine rings is 1. The molecule has 2 heterocycles. The number of hydrogen-bond acceptors (Lipinski definition) is 6.